The summed E-state index contributed by atoms with van der Waals surface area (Å²) in [5.41, 5.74) is -2.49. The summed E-state index contributed by atoms with van der Waals surface area (Å²) in [6.07, 6.45) is 5.89. The fraction of sp³-hybridized carbons (Fsp3) is 0.514. The van der Waals surface area contributed by atoms with Crippen molar-refractivity contribution >= 4 is 11.9 Å². The van der Waals surface area contributed by atoms with E-state index in [2.05, 4.69) is 6.92 Å². The van der Waals surface area contributed by atoms with Gasteiger partial charge in [-0.25, -0.2) is 9.18 Å². The molecule has 1 aliphatic rings. The third kappa shape index (κ3) is 9.94. The van der Waals surface area contributed by atoms with Crippen LogP contribution in [0.15, 0.2) is 72.6 Å². The maximum absolute atomic E-state index is 16.0. The van der Waals surface area contributed by atoms with Crippen molar-refractivity contribution in [1.29, 1.82) is 0 Å². The second kappa shape index (κ2) is 17.3. The van der Waals surface area contributed by atoms with Crippen molar-refractivity contribution in [2.24, 2.45) is 5.92 Å². The summed E-state index contributed by atoms with van der Waals surface area (Å²) in [4.78, 5) is 25.7. The second-order valence-corrected chi connectivity index (χ2v) is 12.4. The number of esters is 1. The predicted molar refractivity (Wildman–Crippen MR) is 171 cm³/mol. The third-order valence-corrected chi connectivity index (χ3v) is 8.32. The molecule has 0 aromatic heterocycles. The van der Waals surface area contributed by atoms with E-state index in [1.54, 1.807) is 38.1 Å². The fourth-order valence-corrected chi connectivity index (χ4v) is 5.57. The highest BCUT2D eigenvalue weighted by atomic mass is 19.4. The number of unbranched alkanes of at least 4 members (excludes halogenated alkanes) is 7. The number of carboxylic acids is 1. The summed E-state index contributed by atoms with van der Waals surface area (Å²) in [6, 6.07) is 12.2. The Kier molecular flexibility index (Phi) is 13.9. The lowest BCUT2D eigenvalue weighted by Gasteiger charge is -2.31. The first-order valence-electron chi connectivity index (χ1n) is 16.3. The number of hydrogen-bond donors (Lipinski definition) is 1. The Bertz CT molecular complexity index is 1330. The molecule has 0 saturated carbocycles. The first-order valence-corrected chi connectivity index (χ1v) is 16.3. The van der Waals surface area contributed by atoms with Crippen molar-refractivity contribution in [1.82, 2.24) is 0 Å². The van der Waals surface area contributed by atoms with Crippen LogP contribution in [0.2, 0.25) is 0 Å². The highest BCUT2D eigenvalue weighted by Gasteiger charge is 2.48. The lowest BCUT2D eigenvalue weighted by atomic mass is 9.72. The molecular formula is C37H46F4O5. The number of halogens is 4. The molecule has 3 rings (SSSR count). The van der Waals surface area contributed by atoms with Gasteiger partial charge in [0.05, 0.1) is 12.2 Å². The lowest BCUT2D eigenvalue weighted by Crippen LogP contribution is -2.39. The third-order valence-electron chi connectivity index (χ3n) is 8.32. The van der Waals surface area contributed by atoms with E-state index in [4.69, 9.17) is 9.47 Å². The standard InChI is InChI=1S/C37H46F4O5/c1-4-5-6-7-8-9-10-13-24-45-29-19-17-27(18-20-29)28-22-23-36(35(43)44,32(38)25-28)31-15-12-11-14-30(31)34(42)46-33(37(39,40)41)21-16-26(2)3/h11-12,14-15,17-20,22-23,25-26,28,33H,4-10,13,16,21,24H2,1-3H3,(H,43,44). The quantitative estimate of drug-likeness (QED) is 0.0755. The SMILES string of the molecule is CCCCCCCCCCOc1ccc(C2C=CC(C(=O)O)(c3ccccc3C(=O)OC(CCC(C)C)C(F)(F)F)C(F)=C2)cc1. The molecule has 9 heteroatoms. The summed E-state index contributed by atoms with van der Waals surface area (Å²) in [6.45, 7) is 6.30. The van der Waals surface area contributed by atoms with E-state index in [1.165, 1.54) is 62.8 Å². The van der Waals surface area contributed by atoms with Gasteiger partial charge in [-0.05, 0) is 60.6 Å². The van der Waals surface area contributed by atoms with Gasteiger partial charge in [0.15, 0.2) is 11.5 Å². The van der Waals surface area contributed by atoms with Gasteiger partial charge in [0.2, 0.25) is 0 Å². The number of carboxylic acid groups (broad SMARTS) is 1. The number of alkyl halides is 3. The van der Waals surface area contributed by atoms with Gasteiger partial charge in [0.1, 0.15) is 11.6 Å². The fourth-order valence-electron chi connectivity index (χ4n) is 5.57. The van der Waals surface area contributed by atoms with Crippen molar-refractivity contribution in [3.63, 3.8) is 0 Å². The smallest absolute Gasteiger partial charge is 0.425 e. The zero-order valence-electron chi connectivity index (χ0n) is 27.0. The summed E-state index contributed by atoms with van der Waals surface area (Å²) >= 11 is 0. The van der Waals surface area contributed by atoms with Crippen molar-refractivity contribution in [2.75, 3.05) is 6.61 Å². The predicted octanol–water partition coefficient (Wildman–Crippen LogP) is 10.3. The average Bonchev–Trinajstić information content (AvgIpc) is 3.01. The van der Waals surface area contributed by atoms with Gasteiger partial charge in [-0.3, -0.25) is 4.79 Å². The highest BCUT2D eigenvalue weighted by Crippen LogP contribution is 2.43. The molecule has 0 spiro atoms. The number of benzene rings is 2. The van der Waals surface area contributed by atoms with Gasteiger partial charge in [-0.1, -0.05) is 108 Å². The molecule has 3 atom stereocenters. The highest BCUT2D eigenvalue weighted by molar-refractivity contribution is 5.97. The number of aliphatic carboxylic acids is 1. The Morgan fingerprint density at radius 1 is 0.913 bits per heavy atom. The Morgan fingerprint density at radius 2 is 1.54 bits per heavy atom. The zero-order chi connectivity index (χ0) is 33.7. The Labute approximate surface area is 269 Å². The van der Waals surface area contributed by atoms with Crippen LogP contribution in [-0.4, -0.2) is 35.9 Å². The van der Waals surface area contributed by atoms with Crippen LogP contribution in [0.1, 0.15) is 112 Å². The van der Waals surface area contributed by atoms with Crippen LogP contribution < -0.4 is 4.74 Å². The van der Waals surface area contributed by atoms with Crippen molar-refractivity contribution in [3.05, 3.63) is 89.3 Å². The van der Waals surface area contributed by atoms with Crippen molar-refractivity contribution in [2.45, 2.75) is 109 Å². The van der Waals surface area contributed by atoms with Crippen LogP contribution in [0.5, 0.6) is 5.75 Å². The number of ether oxygens (including phenoxy) is 2. The van der Waals surface area contributed by atoms with E-state index in [-0.39, 0.29) is 17.9 Å². The number of hydrogen-bond acceptors (Lipinski definition) is 4. The van der Waals surface area contributed by atoms with Crippen LogP contribution in [-0.2, 0) is 14.9 Å². The zero-order valence-corrected chi connectivity index (χ0v) is 27.0. The maximum Gasteiger partial charge on any atom is 0.425 e. The molecule has 3 unspecified atom stereocenters. The number of carbonyl (C=O) groups excluding carboxylic acids is 1. The minimum Gasteiger partial charge on any atom is -0.494 e. The van der Waals surface area contributed by atoms with Crippen molar-refractivity contribution in [3.8, 4) is 5.75 Å². The normalized spacial score (nSPS) is 18.7. The first-order chi connectivity index (χ1) is 21.9. The molecule has 0 heterocycles. The second-order valence-electron chi connectivity index (χ2n) is 12.4. The molecule has 2 aromatic rings. The van der Waals surface area contributed by atoms with Gasteiger partial charge in [-0.15, -0.1) is 0 Å². The molecule has 0 bridgehead atoms. The summed E-state index contributed by atoms with van der Waals surface area (Å²) in [7, 11) is 0. The number of carbonyl (C=O) groups is 2. The van der Waals surface area contributed by atoms with E-state index < -0.39 is 53.4 Å². The molecule has 0 radical (unpaired) electrons. The lowest BCUT2D eigenvalue weighted by molar-refractivity contribution is -0.206. The van der Waals surface area contributed by atoms with Crippen LogP contribution in [0.4, 0.5) is 17.6 Å². The van der Waals surface area contributed by atoms with Crippen LogP contribution >= 0.6 is 0 Å². The molecule has 0 fully saturated rings. The van der Waals surface area contributed by atoms with Gasteiger partial charge in [-0.2, -0.15) is 13.2 Å². The average molecular weight is 647 g/mol. The van der Waals surface area contributed by atoms with E-state index in [9.17, 15) is 27.9 Å². The summed E-state index contributed by atoms with van der Waals surface area (Å²) in [5.74, 6) is -4.04. The maximum atomic E-state index is 16.0. The van der Waals surface area contributed by atoms with Crippen molar-refractivity contribution < 1.29 is 41.7 Å². The van der Waals surface area contributed by atoms with Crippen LogP contribution in [0.3, 0.4) is 0 Å². The molecule has 1 aliphatic carbocycles. The Balaban J connectivity index is 1.72. The van der Waals surface area contributed by atoms with E-state index in [0.717, 1.165) is 31.1 Å². The molecule has 252 valence electrons. The Hall–Kier alpha value is -3.62. The van der Waals surface area contributed by atoms with Gasteiger partial charge >= 0.3 is 18.1 Å². The van der Waals surface area contributed by atoms with Gasteiger partial charge in [0, 0.05) is 5.92 Å². The molecule has 2 aromatic carbocycles. The topological polar surface area (TPSA) is 72.8 Å². The van der Waals surface area contributed by atoms with E-state index >= 15 is 4.39 Å². The van der Waals surface area contributed by atoms with Gasteiger partial charge < -0.3 is 14.6 Å². The minimum absolute atomic E-state index is 0.0610. The van der Waals surface area contributed by atoms with Crippen LogP contribution in [0.25, 0.3) is 0 Å². The largest absolute Gasteiger partial charge is 0.494 e. The van der Waals surface area contributed by atoms with E-state index in [0.29, 0.717) is 17.9 Å². The molecule has 0 amide bonds. The first kappa shape index (κ1) is 36.8. The summed E-state index contributed by atoms with van der Waals surface area (Å²) in [5, 5.41) is 10.3. The molecule has 1 N–H and O–H groups in total. The number of allylic oxidation sites excluding steroid dienone is 2. The van der Waals surface area contributed by atoms with E-state index in [1.807, 2.05) is 0 Å². The molecule has 0 saturated heterocycles. The molecular weight excluding hydrogens is 600 g/mol. The molecule has 0 aliphatic heterocycles. The minimum atomic E-state index is -4.82. The van der Waals surface area contributed by atoms with Gasteiger partial charge in [0.25, 0.3) is 0 Å². The van der Waals surface area contributed by atoms with Crippen LogP contribution in [0, 0.1) is 5.92 Å². The number of rotatable bonds is 18. The molecule has 46 heavy (non-hydrogen) atoms. The monoisotopic (exact) mass is 646 g/mol. The summed E-state index contributed by atoms with van der Waals surface area (Å²) < 4.78 is 67.8. The molecule has 5 nitrogen and oxygen atoms in total. The Morgan fingerprint density at radius 3 is 2.13 bits per heavy atom.